The summed E-state index contributed by atoms with van der Waals surface area (Å²) in [5, 5.41) is 12.4. The van der Waals surface area contributed by atoms with Gasteiger partial charge in [0.2, 0.25) is 0 Å². The Morgan fingerprint density at radius 3 is 2.23 bits per heavy atom. The average molecular weight is 501 g/mol. The number of amides is 1. The summed E-state index contributed by atoms with van der Waals surface area (Å²) in [6.45, 7) is 0.116. The molecular formula is C24H19BrClNO4. The Kier molecular flexibility index (Phi) is 6.30. The molecule has 1 aliphatic rings. The highest BCUT2D eigenvalue weighted by Gasteiger charge is 2.30. The van der Waals surface area contributed by atoms with E-state index in [4.69, 9.17) is 16.3 Å². The van der Waals surface area contributed by atoms with Crippen LogP contribution in [-0.2, 0) is 16.0 Å². The van der Waals surface area contributed by atoms with E-state index in [1.165, 1.54) is 0 Å². The van der Waals surface area contributed by atoms with Crippen LogP contribution in [0.2, 0.25) is 5.02 Å². The van der Waals surface area contributed by atoms with Crippen LogP contribution in [0.5, 0.6) is 0 Å². The number of alkyl carbamates (subject to hydrolysis) is 1. The van der Waals surface area contributed by atoms with E-state index in [0.29, 0.717) is 10.6 Å². The first-order chi connectivity index (χ1) is 14.9. The lowest BCUT2D eigenvalue weighted by atomic mass is 9.98. The lowest BCUT2D eigenvalue weighted by molar-refractivity contribution is -0.139. The minimum absolute atomic E-state index is 0.0473. The molecule has 0 bridgehead atoms. The summed E-state index contributed by atoms with van der Waals surface area (Å²) in [6.07, 6.45) is -0.728. The lowest BCUT2D eigenvalue weighted by Gasteiger charge is -2.18. The summed E-state index contributed by atoms with van der Waals surface area (Å²) in [7, 11) is 0. The molecule has 0 fully saturated rings. The zero-order chi connectivity index (χ0) is 22.0. The second-order valence-electron chi connectivity index (χ2n) is 7.30. The molecule has 0 saturated carbocycles. The molecule has 0 heterocycles. The average Bonchev–Trinajstić information content (AvgIpc) is 3.07. The van der Waals surface area contributed by atoms with Gasteiger partial charge in [-0.2, -0.15) is 0 Å². The van der Waals surface area contributed by atoms with Crippen molar-refractivity contribution in [1.29, 1.82) is 0 Å². The third-order valence-corrected chi connectivity index (χ3v) is 6.22. The Morgan fingerprint density at radius 1 is 1.03 bits per heavy atom. The molecule has 4 rings (SSSR count). The van der Waals surface area contributed by atoms with E-state index in [2.05, 4.69) is 33.4 Å². The third kappa shape index (κ3) is 4.60. The lowest BCUT2D eigenvalue weighted by Crippen LogP contribution is -2.43. The first-order valence-corrected chi connectivity index (χ1v) is 10.9. The third-order valence-electron chi connectivity index (χ3n) is 5.37. The molecule has 5 nitrogen and oxygen atoms in total. The first-order valence-electron chi connectivity index (χ1n) is 9.72. The smallest absolute Gasteiger partial charge is 0.407 e. The molecule has 0 aliphatic heterocycles. The van der Waals surface area contributed by atoms with Gasteiger partial charge in [-0.05, 0) is 39.9 Å². The van der Waals surface area contributed by atoms with Gasteiger partial charge in [-0.25, -0.2) is 9.59 Å². The minimum atomic E-state index is -1.16. The van der Waals surface area contributed by atoms with Gasteiger partial charge >= 0.3 is 12.1 Å². The molecule has 2 N–H and O–H groups in total. The second-order valence-corrected chi connectivity index (χ2v) is 8.62. The van der Waals surface area contributed by atoms with Gasteiger partial charge in [-0.15, -0.1) is 0 Å². The van der Waals surface area contributed by atoms with Gasteiger partial charge in [0.05, 0.1) is 0 Å². The maximum atomic E-state index is 12.4. The molecule has 3 aromatic carbocycles. The highest BCUT2D eigenvalue weighted by atomic mass is 79.9. The Morgan fingerprint density at radius 2 is 1.65 bits per heavy atom. The van der Waals surface area contributed by atoms with E-state index in [1.54, 1.807) is 18.2 Å². The number of aliphatic carboxylic acids is 1. The maximum absolute atomic E-state index is 12.4. The van der Waals surface area contributed by atoms with Gasteiger partial charge in [0, 0.05) is 21.8 Å². The number of carbonyl (C=O) groups excluding carboxylic acids is 1. The number of fused-ring (bicyclic) bond motifs is 3. The molecule has 0 aromatic heterocycles. The van der Waals surface area contributed by atoms with Crippen molar-refractivity contribution in [3.8, 4) is 11.1 Å². The van der Waals surface area contributed by atoms with Crippen LogP contribution in [-0.4, -0.2) is 29.8 Å². The SMILES string of the molecule is O=C(N[C@@H](Cc1ccc(Br)cc1Cl)C(=O)O)OCC1c2ccccc2-c2ccccc21. The zero-order valence-corrected chi connectivity index (χ0v) is 18.7. The van der Waals surface area contributed by atoms with Gasteiger partial charge < -0.3 is 15.2 Å². The van der Waals surface area contributed by atoms with Crippen LogP contribution < -0.4 is 5.32 Å². The number of hydrogen-bond acceptors (Lipinski definition) is 3. The summed E-state index contributed by atoms with van der Waals surface area (Å²) in [6, 6.07) is 20.1. The molecule has 1 atom stereocenters. The summed E-state index contributed by atoms with van der Waals surface area (Å²) in [5.41, 5.74) is 5.05. The molecular weight excluding hydrogens is 482 g/mol. The number of ether oxygens (including phenoxy) is 1. The predicted octanol–water partition coefficient (Wildman–Crippen LogP) is 5.64. The molecule has 3 aromatic rings. The molecule has 1 aliphatic carbocycles. The molecule has 31 heavy (non-hydrogen) atoms. The predicted molar refractivity (Wildman–Crippen MR) is 122 cm³/mol. The Bertz CT molecular complexity index is 1100. The van der Waals surface area contributed by atoms with Crippen molar-refractivity contribution in [1.82, 2.24) is 5.32 Å². The van der Waals surface area contributed by atoms with Gasteiger partial charge in [-0.3, -0.25) is 0 Å². The number of carboxylic acids is 1. The molecule has 7 heteroatoms. The van der Waals surface area contributed by atoms with E-state index in [9.17, 15) is 14.7 Å². The van der Waals surface area contributed by atoms with Crippen LogP contribution in [0.25, 0.3) is 11.1 Å². The quantitative estimate of drug-likeness (QED) is 0.459. The van der Waals surface area contributed by atoms with Crippen LogP contribution in [0.3, 0.4) is 0 Å². The van der Waals surface area contributed by atoms with Crippen molar-refractivity contribution in [2.24, 2.45) is 0 Å². The molecule has 1 amide bonds. The highest BCUT2D eigenvalue weighted by molar-refractivity contribution is 9.10. The molecule has 158 valence electrons. The van der Waals surface area contributed by atoms with E-state index < -0.39 is 18.1 Å². The Labute approximate surface area is 193 Å². The molecule has 0 unspecified atom stereocenters. The van der Waals surface area contributed by atoms with Crippen LogP contribution >= 0.6 is 27.5 Å². The largest absolute Gasteiger partial charge is 0.480 e. The van der Waals surface area contributed by atoms with Crippen molar-refractivity contribution in [2.45, 2.75) is 18.4 Å². The van der Waals surface area contributed by atoms with Crippen LogP contribution in [0.1, 0.15) is 22.6 Å². The van der Waals surface area contributed by atoms with Crippen LogP contribution in [0.15, 0.2) is 71.2 Å². The normalized spacial score (nSPS) is 13.2. The van der Waals surface area contributed by atoms with Gasteiger partial charge in [0.15, 0.2) is 0 Å². The number of carbonyl (C=O) groups is 2. The number of carboxylic acid groups (broad SMARTS) is 1. The van der Waals surface area contributed by atoms with E-state index in [0.717, 1.165) is 26.7 Å². The second kappa shape index (κ2) is 9.12. The number of rotatable bonds is 6. The number of hydrogen-bond donors (Lipinski definition) is 2. The number of halogens is 2. The fraction of sp³-hybridized carbons (Fsp3) is 0.167. The van der Waals surface area contributed by atoms with E-state index in [1.807, 2.05) is 36.4 Å². The van der Waals surface area contributed by atoms with E-state index >= 15 is 0 Å². The minimum Gasteiger partial charge on any atom is -0.480 e. The standard InChI is InChI=1S/C24H19BrClNO4/c25-15-10-9-14(21(26)12-15)11-22(23(28)29)27-24(30)31-13-20-18-7-3-1-5-16(18)17-6-2-4-8-19(17)20/h1-10,12,20,22H,11,13H2,(H,27,30)(H,28,29)/t22-/m0/s1. The summed E-state index contributed by atoms with van der Waals surface area (Å²) in [5.74, 6) is -1.25. The van der Waals surface area contributed by atoms with Gasteiger partial charge in [-0.1, -0.05) is 82.1 Å². The zero-order valence-electron chi connectivity index (χ0n) is 16.3. The van der Waals surface area contributed by atoms with Crippen molar-refractivity contribution in [3.63, 3.8) is 0 Å². The fourth-order valence-electron chi connectivity index (χ4n) is 3.89. The van der Waals surface area contributed by atoms with Crippen molar-refractivity contribution >= 4 is 39.6 Å². The topological polar surface area (TPSA) is 75.6 Å². The summed E-state index contributed by atoms with van der Waals surface area (Å²) >= 11 is 9.51. The molecule has 0 saturated heterocycles. The highest BCUT2D eigenvalue weighted by Crippen LogP contribution is 2.44. The van der Waals surface area contributed by atoms with Gasteiger partial charge in [0.1, 0.15) is 12.6 Å². The number of benzene rings is 3. The van der Waals surface area contributed by atoms with Crippen LogP contribution in [0, 0.1) is 0 Å². The van der Waals surface area contributed by atoms with Gasteiger partial charge in [0.25, 0.3) is 0 Å². The Hall–Kier alpha value is -2.83. The van der Waals surface area contributed by atoms with Crippen molar-refractivity contribution < 1.29 is 19.4 Å². The fourth-order valence-corrected chi connectivity index (χ4v) is 4.64. The Balaban J connectivity index is 1.44. The summed E-state index contributed by atoms with van der Waals surface area (Å²) < 4.78 is 6.24. The summed E-state index contributed by atoms with van der Waals surface area (Å²) in [4.78, 5) is 24.1. The van der Waals surface area contributed by atoms with E-state index in [-0.39, 0.29) is 18.9 Å². The molecule has 0 spiro atoms. The first kappa shape index (κ1) is 21.4. The maximum Gasteiger partial charge on any atom is 0.407 e. The van der Waals surface area contributed by atoms with Crippen LogP contribution in [0.4, 0.5) is 4.79 Å². The van der Waals surface area contributed by atoms with Crippen molar-refractivity contribution in [2.75, 3.05) is 6.61 Å². The van der Waals surface area contributed by atoms with Crippen molar-refractivity contribution in [3.05, 3.63) is 92.9 Å². The number of nitrogens with one attached hydrogen (secondary N) is 1. The monoisotopic (exact) mass is 499 g/mol. The molecule has 0 radical (unpaired) electrons.